The number of nitrogens with zero attached hydrogens (tertiary/aromatic N) is 1. The summed E-state index contributed by atoms with van der Waals surface area (Å²) in [5.74, 6) is -2.25. The number of amides is 1. The lowest BCUT2D eigenvalue weighted by Gasteiger charge is -2.27. The Balaban J connectivity index is 1.51. The van der Waals surface area contributed by atoms with E-state index >= 15 is 0 Å². The summed E-state index contributed by atoms with van der Waals surface area (Å²) < 4.78 is 20.2. The van der Waals surface area contributed by atoms with E-state index in [1.807, 2.05) is 37.3 Å². The quantitative estimate of drug-likeness (QED) is 0.230. The number of aromatic amines is 1. The Labute approximate surface area is 219 Å². The van der Waals surface area contributed by atoms with Crippen molar-refractivity contribution in [1.29, 1.82) is 0 Å². The van der Waals surface area contributed by atoms with Gasteiger partial charge in [-0.3, -0.25) is 9.59 Å². The molecule has 1 aliphatic heterocycles. The Kier molecular flexibility index (Phi) is 5.49. The Morgan fingerprint density at radius 2 is 1.86 bits per heavy atom. The van der Waals surface area contributed by atoms with Gasteiger partial charge in [-0.2, -0.15) is 0 Å². The van der Waals surface area contributed by atoms with E-state index in [0.29, 0.717) is 22.1 Å². The fraction of sp³-hybridized carbons (Fsp3) is 0.103. The molecule has 0 saturated carbocycles. The third kappa shape index (κ3) is 3.84. The molecule has 6 nitrogen and oxygen atoms in total. The van der Waals surface area contributed by atoms with Gasteiger partial charge >= 0.3 is 0 Å². The normalized spacial score (nSPS) is 15.9. The molecular formula is C29H20BrFN2O4. The molecule has 2 aromatic heterocycles. The van der Waals surface area contributed by atoms with E-state index in [2.05, 4.69) is 20.9 Å². The molecule has 8 heteroatoms. The summed E-state index contributed by atoms with van der Waals surface area (Å²) in [6, 6.07) is 19.5. The van der Waals surface area contributed by atoms with Crippen LogP contribution < -0.4 is 0 Å². The van der Waals surface area contributed by atoms with Gasteiger partial charge in [-0.25, -0.2) is 4.39 Å². The predicted molar refractivity (Wildman–Crippen MR) is 141 cm³/mol. The number of benzene rings is 3. The molecule has 0 bridgehead atoms. The van der Waals surface area contributed by atoms with Gasteiger partial charge in [0.05, 0.1) is 11.6 Å². The first-order valence-electron chi connectivity index (χ1n) is 11.6. The molecule has 1 unspecified atom stereocenters. The second-order valence-corrected chi connectivity index (χ2v) is 9.97. The molecule has 1 aliphatic rings. The predicted octanol–water partition coefficient (Wildman–Crippen LogP) is 6.90. The summed E-state index contributed by atoms with van der Waals surface area (Å²) in [4.78, 5) is 32.1. The highest BCUT2D eigenvalue weighted by Gasteiger charge is 2.46. The van der Waals surface area contributed by atoms with Crippen molar-refractivity contribution < 1.29 is 23.5 Å². The zero-order valence-electron chi connectivity index (χ0n) is 19.6. The van der Waals surface area contributed by atoms with Crippen molar-refractivity contribution in [3.8, 4) is 0 Å². The monoisotopic (exact) mass is 558 g/mol. The van der Waals surface area contributed by atoms with Crippen molar-refractivity contribution in [1.82, 2.24) is 9.88 Å². The van der Waals surface area contributed by atoms with Gasteiger partial charge in [0.1, 0.15) is 11.4 Å². The van der Waals surface area contributed by atoms with Crippen molar-refractivity contribution in [2.75, 3.05) is 0 Å². The number of Topliss-reactive ketones (excluding diaryl/α,β-unsaturated/α-hetero) is 1. The third-order valence-corrected chi connectivity index (χ3v) is 7.23. The van der Waals surface area contributed by atoms with Crippen LogP contribution in [0.4, 0.5) is 4.39 Å². The molecule has 3 aromatic carbocycles. The first-order chi connectivity index (χ1) is 17.8. The lowest BCUT2D eigenvalue weighted by atomic mass is 9.92. The molecule has 6 rings (SSSR count). The molecule has 184 valence electrons. The largest absolute Gasteiger partial charge is 0.503 e. The molecule has 0 saturated heterocycles. The summed E-state index contributed by atoms with van der Waals surface area (Å²) >= 11 is 3.42. The van der Waals surface area contributed by atoms with Crippen LogP contribution in [0.1, 0.15) is 33.4 Å². The summed E-state index contributed by atoms with van der Waals surface area (Å²) in [7, 11) is 0. The Bertz CT molecular complexity index is 1750. The number of carbonyl (C=O) groups excluding carboxylic acids is 2. The number of ketones is 1. The summed E-state index contributed by atoms with van der Waals surface area (Å²) in [6.07, 6.45) is 0. The Morgan fingerprint density at radius 1 is 1.11 bits per heavy atom. The minimum atomic E-state index is -0.888. The zero-order chi connectivity index (χ0) is 25.8. The number of carbonyl (C=O) groups is 2. The van der Waals surface area contributed by atoms with Crippen LogP contribution in [-0.2, 0) is 11.3 Å². The van der Waals surface area contributed by atoms with Gasteiger partial charge in [-0.1, -0.05) is 46.3 Å². The summed E-state index contributed by atoms with van der Waals surface area (Å²) in [5, 5.41) is 12.6. The van der Waals surface area contributed by atoms with Gasteiger partial charge in [-0.05, 0) is 55.0 Å². The molecule has 37 heavy (non-hydrogen) atoms. The van der Waals surface area contributed by atoms with Gasteiger partial charge in [0.15, 0.2) is 11.5 Å². The second kappa shape index (κ2) is 8.74. The van der Waals surface area contributed by atoms with Crippen LogP contribution >= 0.6 is 15.9 Å². The Morgan fingerprint density at radius 3 is 2.65 bits per heavy atom. The maximum absolute atomic E-state index is 13.9. The number of hydrogen-bond acceptors (Lipinski definition) is 4. The lowest BCUT2D eigenvalue weighted by molar-refractivity contribution is -0.130. The molecule has 1 amide bonds. The molecule has 1 atom stereocenters. The van der Waals surface area contributed by atoms with Gasteiger partial charge < -0.3 is 19.4 Å². The van der Waals surface area contributed by atoms with Crippen molar-refractivity contribution in [2.24, 2.45) is 0 Å². The number of hydrogen-bond donors (Lipinski definition) is 2. The van der Waals surface area contributed by atoms with Gasteiger partial charge in [-0.15, -0.1) is 0 Å². The minimum absolute atomic E-state index is 0.0218. The van der Waals surface area contributed by atoms with Gasteiger partial charge in [0.2, 0.25) is 5.78 Å². The lowest BCUT2D eigenvalue weighted by Crippen LogP contribution is -2.31. The van der Waals surface area contributed by atoms with Gasteiger partial charge in [0, 0.05) is 38.6 Å². The smallest absolute Gasteiger partial charge is 0.290 e. The molecule has 0 spiro atoms. The third-order valence-electron chi connectivity index (χ3n) is 6.73. The molecule has 0 fully saturated rings. The number of para-hydroxylation sites is 1. The second-order valence-electron chi connectivity index (χ2n) is 9.06. The molecule has 0 radical (unpaired) electrons. The highest BCUT2D eigenvalue weighted by molar-refractivity contribution is 9.10. The average molecular weight is 559 g/mol. The highest BCUT2D eigenvalue weighted by Crippen LogP contribution is 2.44. The molecule has 5 aromatic rings. The zero-order valence-corrected chi connectivity index (χ0v) is 21.2. The van der Waals surface area contributed by atoms with Crippen LogP contribution in [0, 0.1) is 12.7 Å². The number of nitrogens with one attached hydrogen (secondary N) is 1. The first-order valence-corrected chi connectivity index (χ1v) is 12.4. The van der Waals surface area contributed by atoms with Crippen LogP contribution in [-0.4, -0.2) is 26.7 Å². The van der Waals surface area contributed by atoms with Crippen LogP contribution in [0.5, 0.6) is 0 Å². The van der Waals surface area contributed by atoms with Crippen molar-refractivity contribution in [3.05, 3.63) is 117 Å². The van der Waals surface area contributed by atoms with E-state index in [0.717, 1.165) is 21.1 Å². The average Bonchev–Trinajstić information content (AvgIpc) is 3.52. The molecule has 2 N–H and O–H groups in total. The van der Waals surface area contributed by atoms with Crippen LogP contribution in [0.2, 0.25) is 0 Å². The number of fused-ring (bicyclic) bond motifs is 2. The number of aromatic nitrogens is 1. The van der Waals surface area contributed by atoms with Crippen LogP contribution in [0.15, 0.2) is 93.0 Å². The Hall–Kier alpha value is -4.17. The van der Waals surface area contributed by atoms with Crippen LogP contribution in [0.3, 0.4) is 0 Å². The SMILES string of the molecule is Cc1[nH]c2ccccc2c1C1C(C(=O)c2cc3cc(Br)ccc3o2)=C(O)C(=O)N1Cc1ccc(F)cc1. The number of rotatable bonds is 5. The summed E-state index contributed by atoms with van der Waals surface area (Å²) in [6.45, 7) is 1.93. The standard InChI is InChI=1S/C29H20BrFN2O4/c1-15-24(20-4-2-3-5-21(20)32-15)26-25(27(34)23-13-17-12-18(30)8-11-22(17)37-23)28(35)29(36)33(26)14-16-6-9-19(31)10-7-16/h2-13,26,32,35H,14H2,1H3. The van der Waals surface area contributed by atoms with Crippen molar-refractivity contribution in [2.45, 2.75) is 19.5 Å². The molecule has 0 aliphatic carbocycles. The maximum atomic E-state index is 13.9. The number of furan rings is 1. The van der Waals surface area contributed by atoms with E-state index in [-0.39, 0.29) is 17.9 Å². The minimum Gasteiger partial charge on any atom is -0.503 e. The molecule has 3 heterocycles. The molecular weight excluding hydrogens is 539 g/mol. The summed E-state index contributed by atoms with van der Waals surface area (Å²) in [5.41, 5.74) is 3.43. The van der Waals surface area contributed by atoms with E-state index in [9.17, 15) is 19.1 Å². The maximum Gasteiger partial charge on any atom is 0.290 e. The van der Waals surface area contributed by atoms with E-state index < -0.39 is 29.3 Å². The van der Waals surface area contributed by atoms with Crippen LogP contribution in [0.25, 0.3) is 21.9 Å². The fourth-order valence-corrected chi connectivity index (χ4v) is 5.42. The van der Waals surface area contributed by atoms with Gasteiger partial charge in [0.25, 0.3) is 5.91 Å². The number of halogens is 2. The fourth-order valence-electron chi connectivity index (χ4n) is 5.04. The highest BCUT2D eigenvalue weighted by atomic mass is 79.9. The number of H-pyrrole nitrogens is 1. The topological polar surface area (TPSA) is 86.5 Å². The van der Waals surface area contributed by atoms with E-state index in [4.69, 9.17) is 4.42 Å². The van der Waals surface area contributed by atoms with E-state index in [1.54, 1.807) is 30.3 Å². The van der Waals surface area contributed by atoms with Crippen molar-refractivity contribution >= 4 is 49.5 Å². The van der Waals surface area contributed by atoms with E-state index in [1.165, 1.54) is 17.0 Å². The number of aliphatic hydroxyl groups is 1. The first kappa shape index (κ1) is 23.2. The van der Waals surface area contributed by atoms with Crippen molar-refractivity contribution in [3.63, 3.8) is 0 Å². The number of aryl methyl sites for hydroxylation is 1. The number of aliphatic hydroxyl groups excluding tert-OH is 1.